The molecule has 0 saturated heterocycles. The Morgan fingerprint density at radius 2 is 1.70 bits per heavy atom. The molecule has 2 aromatic heterocycles. The number of fused-ring (bicyclic) bond motifs is 1. The predicted octanol–water partition coefficient (Wildman–Crippen LogP) is -1.05. The van der Waals surface area contributed by atoms with Gasteiger partial charge in [-0.15, -0.1) is 0 Å². The average molecular weight is 299 g/mol. The van der Waals surface area contributed by atoms with Gasteiger partial charge in [-0.1, -0.05) is 0 Å². The van der Waals surface area contributed by atoms with Crippen molar-refractivity contribution in [2.75, 3.05) is 0 Å². The predicted molar refractivity (Wildman–Crippen MR) is 68.1 cm³/mol. The van der Waals surface area contributed by atoms with Gasteiger partial charge < -0.3 is 10.2 Å². The zero-order chi connectivity index (χ0) is 15.2. The van der Waals surface area contributed by atoms with E-state index in [4.69, 9.17) is 10.2 Å². The number of rotatable bonds is 3. The lowest BCUT2D eigenvalue weighted by Gasteiger charge is -2.06. The normalized spacial score (nSPS) is 11.2. The zero-order valence-corrected chi connectivity index (χ0v) is 11.2. The van der Waals surface area contributed by atoms with Crippen LogP contribution in [0.25, 0.3) is 11.0 Å². The minimum absolute atomic E-state index is 0.0226. The van der Waals surface area contributed by atoms with Gasteiger partial charge >= 0.3 is 17.6 Å². The molecule has 0 aliphatic heterocycles. The molecule has 10 heteroatoms. The van der Waals surface area contributed by atoms with E-state index in [0.29, 0.717) is 11.5 Å². The van der Waals surface area contributed by atoms with Crippen LogP contribution < -0.4 is 11.2 Å². The van der Waals surface area contributed by atoms with Crippen molar-refractivity contribution in [3.05, 3.63) is 25.7 Å². The Labute approximate surface area is 114 Å². The number of nitrogens with zero attached hydrogens (tertiary/aromatic N) is 3. The summed E-state index contributed by atoms with van der Waals surface area (Å²) in [4.78, 5) is 45.7. The number of aromatic nitrogens is 3. The van der Waals surface area contributed by atoms with Gasteiger partial charge in [-0.25, -0.2) is 4.79 Å². The third kappa shape index (κ3) is 1.81. The monoisotopic (exact) mass is 299 g/mol. The number of hydrogen-bond acceptors (Lipinski definition) is 6. The second-order valence-electron chi connectivity index (χ2n) is 4.06. The lowest BCUT2D eigenvalue weighted by atomic mass is 10.1. The highest BCUT2D eigenvalue weighted by molar-refractivity contribution is 7.07. The molecule has 0 aliphatic rings. The molecule has 2 heterocycles. The van der Waals surface area contributed by atoms with Crippen molar-refractivity contribution in [3.63, 3.8) is 0 Å². The molecule has 0 spiro atoms. The smallest absolute Gasteiger partial charge is 0.332 e. The summed E-state index contributed by atoms with van der Waals surface area (Å²) in [6.45, 7) is 0. The Morgan fingerprint density at radius 1 is 1.15 bits per heavy atom. The SMILES string of the molecule is Cn1c(=O)c2c(C(C(=O)O)C(=O)O)snc2n(C)c1=O. The van der Waals surface area contributed by atoms with E-state index in [1.165, 1.54) is 14.1 Å². The molecule has 0 unspecified atom stereocenters. The number of aryl methyl sites for hydroxylation is 1. The summed E-state index contributed by atoms with van der Waals surface area (Å²) in [7, 11) is 2.59. The minimum atomic E-state index is -1.89. The quantitative estimate of drug-likeness (QED) is 0.691. The highest BCUT2D eigenvalue weighted by Gasteiger charge is 2.33. The molecule has 0 atom stereocenters. The van der Waals surface area contributed by atoms with Crippen LogP contribution in [0.3, 0.4) is 0 Å². The molecule has 0 bridgehead atoms. The topological polar surface area (TPSA) is 131 Å². The van der Waals surface area contributed by atoms with Gasteiger partial charge in [0.05, 0.1) is 4.88 Å². The maximum Gasteiger partial charge on any atom is 0.332 e. The van der Waals surface area contributed by atoms with Crippen LogP contribution in [-0.2, 0) is 23.7 Å². The van der Waals surface area contributed by atoms with E-state index in [-0.39, 0.29) is 15.9 Å². The third-order valence-corrected chi connectivity index (χ3v) is 3.77. The Bertz CT molecular complexity index is 831. The van der Waals surface area contributed by atoms with Gasteiger partial charge in [-0.3, -0.25) is 23.5 Å². The molecule has 0 radical (unpaired) electrons. The van der Waals surface area contributed by atoms with Crippen molar-refractivity contribution in [2.24, 2.45) is 14.1 Å². The van der Waals surface area contributed by atoms with E-state index in [1.807, 2.05) is 0 Å². The molecule has 0 amide bonds. The van der Waals surface area contributed by atoms with Crippen molar-refractivity contribution in [3.8, 4) is 0 Å². The second-order valence-corrected chi connectivity index (χ2v) is 4.87. The minimum Gasteiger partial charge on any atom is -0.480 e. The summed E-state index contributed by atoms with van der Waals surface area (Å²) in [5.74, 6) is -5.09. The highest BCUT2D eigenvalue weighted by atomic mass is 32.1. The van der Waals surface area contributed by atoms with E-state index in [1.54, 1.807) is 0 Å². The largest absolute Gasteiger partial charge is 0.480 e. The highest BCUT2D eigenvalue weighted by Crippen LogP contribution is 2.27. The summed E-state index contributed by atoms with van der Waals surface area (Å²) < 4.78 is 5.68. The first-order chi connectivity index (χ1) is 9.27. The van der Waals surface area contributed by atoms with E-state index in [2.05, 4.69) is 4.37 Å². The number of hydrogen-bond donors (Lipinski definition) is 2. The molecule has 0 fully saturated rings. The summed E-state index contributed by atoms with van der Waals surface area (Å²) in [5, 5.41) is 17.8. The molecule has 20 heavy (non-hydrogen) atoms. The van der Waals surface area contributed by atoms with E-state index in [0.717, 1.165) is 9.13 Å². The Kier molecular flexibility index (Phi) is 3.18. The van der Waals surface area contributed by atoms with Gasteiger partial charge in [0, 0.05) is 14.1 Å². The second kappa shape index (κ2) is 4.56. The van der Waals surface area contributed by atoms with Gasteiger partial charge in [0.1, 0.15) is 5.39 Å². The Hall–Kier alpha value is -2.49. The summed E-state index contributed by atoms with van der Waals surface area (Å²) in [5.41, 5.74) is -1.41. The Balaban J connectivity index is 2.95. The first kappa shape index (κ1) is 13.9. The first-order valence-electron chi connectivity index (χ1n) is 5.28. The maximum absolute atomic E-state index is 12.1. The van der Waals surface area contributed by atoms with Crippen molar-refractivity contribution in [2.45, 2.75) is 5.92 Å². The number of aliphatic carboxylic acids is 2. The fourth-order valence-corrected chi connectivity index (χ4v) is 2.80. The fourth-order valence-electron chi connectivity index (χ4n) is 1.82. The lowest BCUT2D eigenvalue weighted by molar-refractivity contribution is -0.149. The summed E-state index contributed by atoms with van der Waals surface area (Å²) in [6.07, 6.45) is 0. The average Bonchev–Trinajstić information content (AvgIpc) is 2.77. The van der Waals surface area contributed by atoms with Gasteiger partial charge in [0.25, 0.3) is 5.56 Å². The molecular formula is C10H9N3O6S. The number of carbonyl (C=O) groups is 2. The molecule has 0 aliphatic carbocycles. The van der Waals surface area contributed by atoms with Crippen molar-refractivity contribution in [1.29, 1.82) is 0 Å². The number of carboxylic acid groups (broad SMARTS) is 2. The summed E-state index contributed by atoms with van der Waals surface area (Å²) >= 11 is 0.589. The van der Waals surface area contributed by atoms with Crippen molar-refractivity contribution in [1.82, 2.24) is 13.5 Å². The van der Waals surface area contributed by atoms with Crippen LogP contribution in [0.4, 0.5) is 0 Å². The van der Waals surface area contributed by atoms with Gasteiger partial charge in [0.15, 0.2) is 11.6 Å². The van der Waals surface area contributed by atoms with Crippen molar-refractivity contribution >= 4 is 34.5 Å². The first-order valence-corrected chi connectivity index (χ1v) is 6.05. The summed E-state index contributed by atoms with van der Waals surface area (Å²) in [6, 6.07) is 0. The van der Waals surface area contributed by atoms with Crippen molar-refractivity contribution < 1.29 is 19.8 Å². The van der Waals surface area contributed by atoms with Crippen LogP contribution in [0.2, 0.25) is 0 Å². The van der Waals surface area contributed by atoms with Crippen LogP contribution in [0.5, 0.6) is 0 Å². The Morgan fingerprint density at radius 3 is 2.20 bits per heavy atom. The van der Waals surface area contributed by atoms with Gasteiger partial charge in [-0.05, 0) is 11.5 Å². The fraction of sp³-hybridized carbons (Fsp3) is 0.300. The number of carboxylic acids is 2. The molecule has 2 N–H and O–H groups in total. The molecular weight excluding hydrogens is 290 g/mol. The zero-order valence-electron chi connectivity index (χ0n) is 10.4. The molecule has 2 aromatic rings. The van der Waals surface area contributed by atoms with Crippen LogP contribution in [-0.4, -0.2) is 35.7 Å². The van der Waals surface area contributed by atoms with Crippen LogP contribution >= 0.6 is 11.5 Å². The van der Waals surface area contributed by atoms with Crippen LogP contribution in [0.15, 0.2) is 9.59 Å². The molecule has 106 valence electrons. The standard InChI is InChI=1S/C10H9N3O6S/c1-12-6-3(7(14)13(2)10(12)19)5(20-11-6)4(8(15)16)9(17)18/h4H,1-2H3,(H,15,16)(H,17,18). The lowest BCUT2D eigenvalue weighted by Crippen LogP contribution is -2.37. The maximum atomic E-state index is 12.1. The molecule has 0 aromatic carbocycles. The van der Waals surface area contributed by atoms with E-state index in [9.17, 15) is 19.2 Å². The van der Waals surface area contributed by atoms with Gasteiger partial charge in [0.2, 0.25) is 0 Å². The van der Waals surface area contributed by atoms with E-state index >= 15 is 0 Å². The molecule has 2 rings (SSSR count). The van der Waals surface area contributed by atoms with Crippen LogP contribution in [0, 0.1) is 0 Å². The van der Waals surface area contributed by atoms with Gasteiger partial charge in [-0.2, -0.15) is 4.37 Å². The van der Waals surface area contributed by atoms with E-state index < -0.39 is 29.1 Å². The van der Waals surface area contributed by atoms with Crippen LogP contribution in [0.1, 0.15) is 10.8 Å². The molecule has 0 saturated carbocycles. The molecule has 9 nitrogen and oxygen atoms in total. The third-order valence-electron chi connectivity index (χ3n) is 2.87.